The minimum absolute atomic E-state index is 0.0275. The van der Waals surface area contributed by atoms with Gasteiger partial charge in [0.2, 0.25) is 0 Å². The van der Waals surface area contributed by atoms with E-state index in [1.807, 2.05) is 0 Å². The van der Waals surface area contributed by atoms with Gasteiger partial charge in [0.05, 0.1) is 10.5 Å². The number of amides is 2. The van der Waals surface area contributed by atoms with Crippen LogP contribution in [-0.2, 0) is 4.79 Å². The molecule has 0 saturated heterocycles. The van der Waals surface area contributed by atoms with E-state index in [0.717, 1.165) is 0 Å². The van der Waals surface area contributed by atoms with Crippen LogP contribution in [0.15, 0.2) is 84.6 Å². The van der Waals surface area contributed by atoms with Crippen LogP contribution in [0.1, 0.15) is 26.3 Å². The van der Waals surface area contributed by atoms with Gasteiger partial charge in [-0.1, -0.05) is 36.4 Å². The van der Waals surface area contributed by atoms with Crippen LogP contribution in [0.3, 0.4) is 0 Å². The van der Waals surface area contributed by atoms with Crippen molar-refractivity contribution in [3.05, 3.63) is 111 Å². The minimum Gasteiger partial charge on any atom is -0.478 e. The molecule has 32 heavy (non-hydrogen) atoms. The Kier molecular flexibility index (Phi) is 6.72. The molecule has 3 N–H and O–H groups in total. The van der Waals surface area contributed by atoms with Crippen LogP contribution >= 0.6 is 0 Å². The van der Waals surface area contributed by atoms with Crippen molar-refractivity contribution in [2.24, 2.45) is 0 Å². The smallest absolute Gasteiger partial charge is 0.335 e. The van der Waals surface area contributed by atoms with E-state index < -0.39 is 22.7 Å². The first kappa shape index (κ1) is 21.9. The van der Waals surface area contributed by atoms with E-state index in [4.69, 9.17) is 5.11 Å². The molecule has 0 unspecified atom stereocenters. The van der Waals surface area contributed by atoms with Gasteiger partial charge < -0.3 is 15.7 Å². The minimum atomic E-state index is -1.16. The Morgan fingerprint density at radius 2 is 1.56 bits per heavy atom. The number of carboxylic acids is 1. The number of anilines is 1. The predicted octanol–water partition coefficient (Wildman–Crippen LogP) is 3.70. The second-order valence-corrected chi connectivity index (χ2v) is 6.57. The van der Waals surface area contributed by atoms with Gasteiger partial charge in [-0.2, -0.15) is 0 Å². The molecule has 3 rings (SSSR count). The first-order valence-corrected chi connectivity index (χ1v) is 9.31. The highest BCUT2D eigenvalue weighted by atomic mass is 16.6. The molecule has 9 nitrogen and oxygen atoms in total. The lowest BCUT2D eigenvalue weighted by molar-refractivity contribution is -0.384. The van der Waals surface area contributed by atoms with Gasteiger partial charge in [0.15, 0.2) is 0 Å². The summed E-state index contributed by atoms with van der Waals surface area (Å²) in [5.41, 5.74) is 0.436. The fourth-order valence-electron chi connectivity index (χ4n) is 2.77. The van der Waals surface area contributed by atoms with E-state index in [0.29, 0.717) is 11.1 Å². The quantitative estimate of drug-likeness (QED) is 0.296. The highest BCUT2D eigenvalue weighted by Crippen LogP contribution is 2.17. The Morgan fingerprint density at radius 3 is 2.25 bits per heavy atom. The lowest BCUT2D eigenvalue weighted by Crippen LogP contribution is -2.30. The molecule has 0 aliphatic heterocycles. The standard InChI is InChI=1S/C23H17N3O6/c27-21(16-7-2-1-3-8-16)25-20(13-15-6-4-11-19(12-15)26(31)32)22(28)24-18-10-5-9-17(14-18)23(29)30/h1-14H,(H,24,28)(H,25,27)(H,29,30)/b20-13+. The van der Waals surface area contributed by atoms with Gasteiger partial charge in [-0.15, -0.1) is 0 Å². The van der Waals surface area contributed by atoms with E-state index in [9.17, 15) is 24.5 Å². The van der Waals surface area contributed by atoms with Crippen molar-refractivity contribution in [1.29, 1.82) is 0 Å². The van der Waals surface area contributed by atoms with Crippen LogP contribution in [0.5, 0.6) is 0 Å². The van der Waals surface area contributed by atoms with E-state index in [-0.39, 0.29) is 22.6 Å². The Morgan fingerprint density at radius 1 is 0.875 bits per heavy atom. The molecule has 0 aliphatic carbocycles. The highest BCUT2D eigenvalue weighted by Gasteiger charge is 2.16. The van der Waals surface area contributed by atoms with Gasteiger partial charge in [-0.25, -0.2) is 4.79 Å². The number of nitro groups is 1. The molecule has 0 heterocycles. The number of non-ortho nitro benzene ring substituents is 1. The van der Waals surface area contributed by atoms with E-state index in [1.54, 1.807) is 36.4 Å². The van der Waals surface area contributed by atoms with Crippen LogP contribution in [-0.4, -0.2) is 27.8 Å². The Labute approximate surface area is 182 Å². The largest absolute Gasteiger partial charge is 0.478 e. The number of aromatic carboxylic acids is 1. The molecule has 0 radical (unpaired) electrons. The summed E-state index contributed by atoms with van der Waals surface area (Å²) in [7, 11) is 0. The van der Waals surface area contributed by atoms with Gasteiger partial charge in [0, 0.05) is 23.4 Å². The second-order valence-electron chi connectivity index (χ2n) is 6.57. The zero-order valence-electron chi connectivity index (χ0n) is 16.5. The first-order valence-electron chi connectivity index (χ1n) is 9.31. The third-order valence-electron chi connectivity index (χ3n) is 4.29. The van der Waals surface area contributed by atoms with Gasteiger partial charge in [0.25, 0.3) is 17.5 Å². The summed E-state index contributed by atoms with van der Waals surface area (Å²) >= 11 is 0. The molecule has 2 amide bonds. The third kappa shape index (κ3) is 5.63. The van der Waals surface area contributed by atoms with Crippen molar-refractivity contribution in [3.63, 3.8) is 0 Å². The molecule has 9 heteroatoms. The summed E-state index contributed by atoms with van der Waals surface area (Å²) in [5.74, 6) is -2.45. The van der Waals surface area contributed by atoms with E-state index >= 15 is 0 Å². The molecule has 0 fully saturated rings. The maximum absolute atomic E-state index is 12.9. The van der Waals surface area contributed by atoms with Gasteiger partial charge in [-0.3, -0.25) is 19.7 Å². The molecular formula is C23H17N3O6. The molecule has 0 bridgehead atoms. The highest BCUT2D eigenvalue weighted by molar-refractivity contribution is 6.11. The summed E-state index contributed by atoms with van der Waals surface area (Å²) in [6, 6.07) is 19.3. The number of nitrogens with one attached hydrogen (secondary N) is 2. The summed E-state index contributed by atoms with van der Waals surface area (Å²) in [4.78, 5) is 47.2. The normalized spacial score (nSPS) is 10.8. The molecule has 3 aromatic rings. The van der Waals surface area contributed by atoms with Crippen LogP contribution in [0.25, 0.3) is 6.08 Å². The molecule has 0 aromatic heterocycles. The number of hydrogen-bond donors (Lipinski definition) is 3. The molecule has 0 aliphatic rings. The fourth-order valence-corrected chi connectivity index (χ4v) is 2.77. The number of carbonyl (C=O) groups excluding carboxylic acids is 2. The molecule has 0 saturated carbocycles. The lowest BCUT2D eigenvalue weighted by Gasteiger charge is -2.12. The number of carboxylic acid groups (broad SMARTS) is 1. The Hall–Kier alpha value is -4.79. The van der Waals surface area contributed by atoms with Gasteiger partial charge >= 0.3 is 5.97 Å². The maximum Gasteiger partial charge on any atom is 0.335 e. The van der Waals surface area contributed by atoms with Crippen LogP contribution in [0.2, 0.25) is 0 Å². The van der Waals surface area contributed by atoms with E-state index in [1.165, 1.54) is 48.5 Å². The van der Waals surface area contributed by atoms with Crippen molar-refractivity contribution in [3.8, 4) is 0 Å². The number of rotatable bonds is 7. The molecular weight excluding hydrogens is 414 g/mol. The number of benzene rings is 3. The lowest BCUT2D eigenvalue weighted by atomic mass is 10.1. The van der Waals surface area contributed by atoms with Crippen molar-refractivity contribution in [2.45, 2.75) is 0 Å². The van der Waals surface area contributed by atoms with Crippen molar-refractivity contribution in [1.82, 2.24) is 5.32 Å². The van der Waals surface area contributed by atoms with Crippen molar-refractivity contribution >= 4 is 35.2 Å². The Bertz CT molecular complexity index is 1220. The average molecular weight is 431 g/mol. The maximum atomic E-state index is 12.9. The van der Waals surface area contributed by atoms with Crippen molar-refractivity contribution in [2.75, 3.05) is 5.32 Å². The van der Waals surface area contributed by atoms with Crippen molar-refractivity contribution < 1.29 is 24.4 Å². The summed E-state index contributed by atoms with van der Waals surface area (Å²) in [6.07, 6.45) is 1.30. The molecule has 0 spiro atoms. The SMILES string of the molecule is O=C(Nc1cccc(C(=O)O)c1)/C(=C\c1cccc([N+](=O)[O-])c1)NC(=O)c1ccccc1. The topological polar surface area (TPSA) is 139 Å². The summed E-state index contributed by atoms with van der Waals surface area (Å²) in [5, 5.41) is 25.2. The monoisotopic (exact) mass is 431 g/mol. The Balaban J connectivity index is 1.94. The first-order chi connectivity index (χ1) is 15.3. The average Bonchev–Trinajstić information content (AvgIpc) is 2.79. The third-order valence-corrected chi connectivity index (χ3v) is 4.29. The zero-order valence-corrected chi connectivity index (χ0v) is 16.5. The van der Waals surface area contributed by atoms with Gasteiger partial charge in [-0.05, 0) is 42.0 Å². The summed E-state index contributed by atoms with van der Waals surface area (Å²) in [6.45, 7) is 0. The van der Waals surface area contributed by atoms with Crippen LogP contribution < -0.4 is 10.6 Å². The predicted molar refractivity (Wildman–Crippen MR) is 117 cm³/mol. The zero-order chi connectivity index (χ0) is 23.1. The number of hydrogen-bond acceptors (Lipinski definition) is 5. The van der Waals surface area contributed by atoms with Crippen LogP contribution in [0.4, 0.5) is 11.4 Å². The summed E-state index contributed by atoms with van der Waals surface area (Å²) < 4.78 is 0. The van der Waals surface area contributed by atoms with E-state index in [2.05, 4.69) is 10.6 Å². The van der Waals surface area contributed by atoms with Crippen LogP contribution in [0, 0.1) is 10.1 Å². The number of carbonyl (C=O) groups is 3. The van der Waals surface area contributed by atoms with Gasteiger partial charge in [0.1, 0.15) is 5.70 Å². The molecule has 0 atom stereocenters. The number of nitro benzene ring substituents is 1. The number of nitrogens with zero attached hydrogens (tertiary/aromatic N) is 1. The molecule has 3 aromatic carbocycles. The fraction of sp³-hybridized carbons (Fsp3) is 0. The molecule has 160 valence electrons. The second kappa shape index (κ2) is 9.81.